The van der Waals surface area contributed by atoms with Gasteiger partial charge in [0.25, 0.3) is 0 Å². The summed E-state index contributed by atoms with van der Waals surface area (Å²) in [5.41, 5.74) is 18.6. The van der Waals surface area contributed by atoms with E-state index in [0.717, 1.165) is 11.4 Å². The zero-order valence-electron chi connectivity index (χ0n) is 33.6. The molecule has 0 saturated heterocycles. The molecule has 0 unspecified atom stereocenters. The summed E-state index contributed by atoms with van der Waals surface area (Å²) >= 11 is 1.87. The molecule has 0 N–H and O–H groups in total. The Morgan fingerprint density at radius 3 is 1.70 bits per heavy atom. The van der Waals surface area contributed by atoms with Crippen LogP contribution in [0.15, 0.2) is 212 Å². The Kier molecular flexibility index (Phi) is 7.73. The SMILES string of the molecule is CC1(C)c2ccccc2C2(c3ccccc3-c3c(-c4cccc(N(c5ccc(-c6ccccc6)cc5)c5cccc6c5sc5ccccc56)c4)cccc32)c2ccccc21. The van der Waals surface area contributed by atoms with Gasteiger partial charge in [-0.3, -0.25) is 0 Å². The molecule has 2 heteroatoms. The van der Waals surface area contributed by atoms with E-state index in [1.54, 1.807) is 0 Å². The minimum absolute atomic E-state index is 0.137. The van der Waals surface area contributed by atoms with Gasteiger partial charge in [-0.25, -0.2) is 0 Å². The van der Waals surface area contributed by atoms with Crippen LogP contribution in [0.4, 0.5) is 17.1 Å². The smallest absolute Gasteiger partial charge is 0.0719 e. The number of hydrogen-bond acceptors (Lipinski definition) is 2. The standard InChI is InChI=1S/C58H41NS/c1-57(2)48-26-9-11-28-50(48)58(51-29-12-10-27-49(51)57)47-25-8-6-22-46(47)55-43(23-15-30-52(55)58)40-19-14-20-42(37-40)59(41-35-33-39(34-36-41)38-17-4-3-5-18-38)53-31-16-24-45-44-21-7-13-32-54(44)60-56(45)53/h3-37H,1-2H3. The van der Waals surface area contributed by atoms with E-state index in [-0.39, 0.29) is 5.41 Å². The van der Waals surface area contributed by atoms with Gasteiger partial charge in [0.05, 0.1) is 15.8 Å². The molecule has 0 atom stereocenters. The van der Waals surface area contributed by atoms with Crippen LogP contribution in [0, 0.1) is 0 Å². The monoisotopic (exact) mass is 783 g/mol. The summed E-state index contributed by atoms with van der Waals surface area (Å²) in [6.45, 7) is 4.78. The number of fused-ring (bicyclic) bond motifs is 12. The topological polar surface area (TPSA) is 3.24 Å². The second kappa shape index (κ2) is 13.3. The van der Waals surface area contributed by atoms with Crippen molar-refractivity contribution in [3.05, 3.63) is 246 Å². The van der Waals surface area contributed by atoms with Gasteiger partial charge in [-0.05, 0) is 103 Å². The van der Waals surface area contributed by atoms with Crippen LogP contribution in [0.2, 0.25) is 0 Å². The number of thiophene rings is 1. The molecule has 1 aromatic heterocycles. The highest BCUT2D eigenvalue weighted by atomic mass is 32.1. The molecule has 60 heavy (non-hydrogen) atoms. The molecule has 2 aliphatic carbocycles. The Morgan fingerprint density at radius 1 is 0.383 bits per heavy atom. The maximum absolute atomic E-state index is 2.46. The number of nitrogens with zero attached hydrogens (tertiary/aromatic N) is 1. The molecule has 0 fully saturated rings. The molecule has 1 nitrogen and oxygen atoms in total. The van der Waals surface area contributed by atoms with Crippen molar-refractivity contribution < 1.29 is 0 Å². The van der Waals surface area contributed by atoms with E-state index in [2.05, 4.69) is 231 Å². The van der Waals surface area contributed by atoms with E-state index in [1.807, 2.05) is 11.3 Å². The van der Waals surface area contributed by atoms with E-state index in [9.17, 15) is 0 Å². The zero-order chi connectivity index (χ0) is 40.0. The Labute approximate surface area is 355 Å². The molecular weight excluding hydrogens is 743 g/mol. The average molecular weight is 784 g/mol. The Morgan fingerprint density at radius 2 is 0.933 bits per heavy atom. The summed E-state index contributed by atoms with van der Waals surface area (Å²) in [6.07, 6.45) is 0. The average Bonchev–Trinajstić information content (AvgIpc) is 3.84. The molecule has 0 bridgehead atoms. The number of benzene rings is 9. The third-order valence-corrected chi connectivity index (χ3v) is 14.6. The van der Waals surface area contributed by atoms with Crippen molar-refractivity contribution in [3.8, 4) is 33.4 Å². The first-order valence-corrected chi connectivity index (χ1v) is 21.7. The number of hydrogen-bond donors (Lipinski definition) is 0. The Bertz CT molecular complexity index is 3250. The highest BCUT2D eigenvalue weighted by Crippen LogP contribution is 2.63. The van der Waals surface area contributed by atoms with Gasteiger partial charge in [0.2, 0.25) is 0 Å². The van der Waals surface area contributed by atoms with Crippen molar-refractivity contribution in [1.82, 2.24) is 0 Å². The highest BCUT2D eigenvalue weighted by molar-refractivity contribution is 7.26. The molecule has 1 heterocycles. The molecule has 1 spiro atoms. The second-order valence-electron chi connectivity index (χ2n) is 16.8. The molecule has 0 saturated carbocycles. The lowest BCUT2D eigenvalue weighted by atomic mass is 9.55. The maximum Gasteiger partial charge on any atom is 0.0719 e. The van der Waals surface area contributed by atoms with Crippen molar-refractivity contribution in [1.29, 1.82) is 0 Å². The molecule has 12 rings (SSSR count). The van der Waals surface area contributed by atoms with Gasteiger partial charge in [0, 0.05) is 32.3 Å². The predicted octanol–water partition coefficient (Wildman–Crippen LogP) is 15.9. The van der Waals surface area contributed by atoms with Gasteiger partial charge < -0.3 is 4.90 Å². The van der Waals surface area contributed by atoms with Crippen molar-refractivity contribution in [2.75, 3.05) is 4.90 Å². The Hall–Kier alpha value is -7.00. The summed E-state index contributed by atoms with van der Waals surface area (Å²) in [5, 5.41) is 2.59. The fourth-order valence-electron chi connectivity index (χ4n) is 10.7. The molecular formula is C58H41NS. The lowest BCUT2D eigenvalue weighted by molar-refractivity contribution is 0.563. The first kappa shape index (κ1) is 35.0. The van der Waals surface area contributed by atoms with Crippen LogP contribution in [-0.4, -0.2) is 0 Å². The van der Waals surface area contributed by atoms with E-state index in [0.29, 0.717) is 0 Å². The van der Waals surface area contributed by atoms with Gasteiger partial charge in [-0.2, -0.15) is 0 Å². The molecule has 9 aromatic carbocycles. The van der Waals surface area contributed by atoms with Crippen LogP contribution in [0.5, 0.6) is 0 Å². The summed E-state index contributed by atoms with van der Waals surface area (Å²) in [4.78, 5) is 2.46. The fourth-order valence-corrected chi connectivity index (χ4v) is 11.9. The van der Waals surface area contributed by atoms with Crippen LogP contribution in [-0.2, 0) is 10.8 Å². The lowest BCUT2D eigenvalue weighted by Crippen LogP contribution is -2.40. The van der Waals surface area contributed by atoms with Crippen molar-refractivity contribution in [2.24, 2.45) is 0 Å². The first-order chi connectivity index (χ1) is 29.5. The molecule has 0 amide bonds. The van der Waals surface area contributed by atoms with Gasteiger partial charge in [-0.1, -0.05) is 190 Å². The third kappa shape index (κ3) is 4.92. The zero-order valence-corrected chi connectivity index (χ0v) is 34.4. The normalized spacial score (nSPS) is 14.1. The molecule has 10 aromatic rings. The summed E-state index contributed by atoms with van der Waals surface area (Å²) in [5.74, 6) is 0. The van der Waals surface area contributed by atoms with Crippen molar-refractivity contribution >= 4 is 48.6 Å². The van der Waals surface area contributed by atoms with Crippen LogP contribution in [0.25, 0.3) is 53.6 Å². The van der Waals surface area contributed by atoms with Gasteiger partial charge in [-0.15, -0.1) is 11.3 Å². The largest absolute Gasteiger partial charge is 0.309 e. The van der Waals surface area contributed by atoms with E-state index in [4.69, 9.17) is 0 Å². The third-order valence-electron chi connectivity index (χ3n) is 13.4. The quantitative estimate of drug-likeness (QED) is 0.168. The van der Waals surface area contributed by atoms with Crippen molar-refractivity contribution in [2.45, 2.75) is 24.7 Å². The van der Waals surface area contributed by atoms with E-state index >= 15 is 0 Å². The maximum atomic E-state index is 2.46. The second-order valence-corrected chi connectivity index (χ2v) is 17.8. The molecule has 2 aliphatic rings. The summed E-state index contributed by atoms with van der Waals surface area (Å²) in [6, 6.07) is 79.1. The number of anilines is 3. The molecule has 0 aliphatic heterocycles. The minimum atomic E-state index is -0.439. The van der Waals surface area contributed by atoms with Crippen LogP contribution in [0.3, 0.4) is 0 Å². The van der Waals surface area contributed by atoms with Crippen molar-refractivity contribution in [3.63, 3.8) is 0 Å². The summed E-state index contributed by atoms with van der Waals surface area (Å²) < 4.78 is 2.58. The first-order valence-electron chi connectivity index (χ1n) is 20.9. The van der Waals surface area contributed by atoms with Crippen LogP contribution < -0.4 is 4.90 Å². The highest BCUT2D eigenvalue weighted by Gasteiger charge is 2.53. The van der Waals surface area contributed by atoms with Crippen LogP contribution >= 0.6 is 11.3 Å². The van der Waals surface area contributed by atoms with Gasteiger partial charge >= 0.3 is 0 Å². The van der Waals surface area contributed by atoms with Gasteiger partial charge in [0.15, 0.2) is 0 Å². The number of rotatable bonds is 5. The van der Waals surface area contributed by atoms with Crippen LogP contribution in [0.1, 0.15) is 47.2 Å². The fraction of sp³-hybridized carbons (Fsp3) is 0.0690. The predicted molar refractivity (Wildman–Crippen MR) is 254 cm³/mol. The van der Waals surface area contributed by atoms with Gasteiger partial charge in [0.1, 0.15) is 0 Å². The minimum Gasteiger partial charge on any atom is -0.309 e. The molecule has 0 radical (unpaired) electrons. The van der Waals surface area contributed by atoms with E-state index < -0.39 is 5.41 Å². The van der Waals surface area contributed by atoms with E-state index in [1.165, 1.54) is 92.6 Å². The summed E-state index contributed by atoms with van der Waals surface area (Å²) in [7, 11) is 0. The Balaban J connectivity index is 1.08. The lowest BCUT2D eigenvalue weighted by Gasteiger charge is -2.46. The molecule has 284 valence electrons.